The molecule has 0 atom stereocenters. The second-order valence-electron chi connectivity index (χ2n) is 3.56. The van der Waals surface area contributed by atoms with Gasteiger partial charge in [-0.05, 0) is 30.9 Å². The zero-order valence-electron chi connectivity index (χ0n) is 9.57. The molecule has 0 aliphatic heterocycles. The molecule has 0 saturated carbocycles. The van der Waals surface area contributed by atoms with Crippen molar-refractivity contribution in [2.45, 2.75) is 12.1 Å². The second-order valence-corrected chi connectivity index (χ2v) is 4.72. The van der Waals surface area contributed by atoms with Crippen LogP contribution in [-0.4, -0.2) is 16.2 Å². The normalized spacial score (nSPS) is 10.3. The van der Waals surface area contributed by atoms with E-state index >= 15 is 0 Å². The summed E-state index contributed by atoms with van der Waals surface area (Å²) in [6, 6.07) is 9.79. The molecule has 0 unspecified atom stereocenters. The summed E-state index contributed by atoms with van der Waals surface area (Å²) in [6.07, 6.45) is 1.92. The molecule has 0 bridgehead atoms. The molecule has 0 saturated heterocycles. The van der Waals surface area contributed by atoms with Crippen LogP contribution in [0.4, 0.5) is 11.5 Å². The Morgan fingerprint density at radius 1 is 1.24 bits per heavy atom. The zero-order chi connectivity index (χ0) is 12.3. The van der Waals surface area contributed by atoms with Gasteiger partial charge in [-0.3, -0.25) is 0 Å². The minimum absolute atomic E-state index is 0.444. The maximum absolute atomic E-state index is 5.92. The van der Waals surface area contributed by atoms with Crippen molar-refractivity contribution in [3.63, 3.8) is 0 Å². The third kappa shape index (κ3) is 3.35. The van der Waals surface area contributed by atoms with Gasteiger partial charge in [-0.2, -0.15) is 0 Å². The molecule has 2 aromatic rings. The smallest absolute Gasteiger partial charge is 0.190 e. The lowest BCUT2D eigenvalue weighted by molar-refractivity contribution is 0.976. The van der Waals surface area contributed by atoms with Crippen molar-refractivity contribution in [3.8, 4) is 0 Å². The maximum atomic E-state index is 5.92. The van der Waals surface area contributed by atoms with Crippen molar-refractivity contribution in [2.75, 3.05) is 11.6 Å². The van der Waals surface area contributed by atoms with Crippen molar-refractivity contribution in [1.82, 2.24) is 9.97 Å². The van der Waals surface area contributed by atoms with Gasteiger partial charge in [0.2, 0.25) is 0 Å². The Balaban J connectivity index is 2.26. The molecule has 0 fully saturated rings. The van der Waals surface area contributed by atoms with Crippen LogP contribution in [0.15, 0.2) is 35.5 Å². The first kappa shape index (κ1) is 12.2. The molecule has 0 aliphatic carbocycles. The minimum atomic E-state index is 0.444. The van der Waals surface area contributed by atoms with Crippen LogP contribution in [0.25, 0.3) is 0 Å². The summed E-state index contributed by atoms with van der Waals surface area (Å²) in [5, 5.41) is 4.32. The highest BCUT2D eigenvalue weighted by atomic mass is 35.5. The minimum Gasteiger partial charge on any atom is -0.340 e. The number of thioether (sulfide) groups is 1. The molecule has 0 radical (unpaired) electrons. The Morgan fingerprint density at radius 2 is 2.06 bits per heavy atom. The summed E-state index contributed by atoms with van der Waals surface area (Å²) in [6.45, 7) is 2.05. The van der Waals surface area contributed by atoms with Gasteiger partial charge in [0.1, 0.15) is 11.0 Å². The quantitative estimate of drug-likeness (QED) is 0.519. The van der Waals surface area contributed by atoms with E-state index in [1.165, 1.54) is 17.3 Å². The van der Waals surface area contributed by atoms with E-state index in [2.05, 4.69) is 21.4 Å². The van der Waals surface area contributed by atoms with Crippen LogP contribution in [0.3, 0.4) is 0 Å². The van der Waals surface area contributed by atoms with Gasteiger partial charge in [-0.15, -0.1) is 0 Å². The van der Waals surface area contributed by atoms with Crippen molar-refractivity contribution in [1.29, 1.82) is 0 Å². The molecule has 2 rings (SSSR count). The molecule has 3 nitrogen and oxygen atoms in total. The molecule has 5 heteroatoms. The van der Waals surface area contributed by atoms with E-state index < -0.39 is 0 Å². The van der Waals surface area contributed by atoms with Gasteiger partial charge in [-0.25, -0.2) is 9.97 Å². The average Bonchev–Trinajstić information content (AvgIpc) is 2.28. The summed E-state index contributed by atoms with van der Waals surface area (Å²) in [5.41, 5.74) is 2.19. The number of rotatable bonds is 3. The number of anilines is 2. The van der Waals surface area contributed by atoms with E-state index in [0.29, 0.717) is 16.1 Å². The van der Waals surface area contributed by atoms with Crippen LogP contribution in [0.1, 0.15) is 5.56 Å². The third-order valence-corrected chi connectivity index (χ3v) is 2.89. The summed E-state index contributed by atoms with van der Waals surface area (Å²) in [5.74, 6) is 0.708. The number of aromatic nitrogens is 2. The van der Waals surface area contributed by atoms with Crippen LogP contribution in [0.5, 0.6) is 0 Å². The Bertz CT molecular complexity index is 531. The molecule has 0 spiro atoms. The standard InChI is InChI=1S/C12H12ClN3S/c1-8-4-3-5-9(6-8)14-11-7-10(13)15-12(16-11)17-2/h3-7H,1-2H3,(H,14,15,16). The number of nitrogens with one attached hydrogen (secondary N) is 1. The van der Waals surface area contributed by atoms with Gasteiger partial charge in [0, 0.05) is 11.8 Å². The van der Waals surface area contributed by atoms with Crippen molar-refractivity contribution in [2.24, 2.45) is 0 Å². The predicted molar refractivity (Wildman–Crippen MR) is 73.3 cm³/mol. The Morgan fingerprint density at radius 3 is 2.76 bits per heavy atom. The van der Waals surface area contributed by atoms with Crippen molar-refractivity contribution >= 4 is 34.9 Å². The van der Waals surface area contributed by atoms with Gasteiger partial charge < -0.3 is 5.32 Å². The topological polar surface area (TPSA) is 37.8 Å². The molecule has 88 valence electrons. The summed E-state index contributed by atoms with van der Waals surface area (Å²) in [4.78, 5) is 8.42. The number of nitrogens with zero attached hydrogens (tertiary/aromatic N) is 2. The third-order valence-electron chi connectivity index (χ3n) is 2.15. The number of halogens is 1. The SMILES string of the molecule is CSc1nc(Cl)cc(Nc2cccc(C)c2)n1. The summed E-state index contributed by atoms with van der Waals surface area (Å²) in [7, 11) is 0. The number of benzene rings is 1. The monoisotopic (exact) mass is 265 g/mol. The first-order valence-corrected chi connectivity index (χ1v) is 6.70. The largest absolute Gasteiger partial charge is 0.340 e. The molecule has 1 aromatic carbocycles. The van der Waals surface area contributed by atoms with Crippen LogP contribution in [-0.2, 0) is 0 Å². The molecule has 0 aliphatic rings. The van der Waals surface area contributed by atoms with Crippen LogP contribution in [0.2, 0.25) is 5.15 Å². The zero-order valence-corrected chi connectivity index (χ0v) is 11.1. The van der Waals surface area contributed by atoms with E-state index in [0.717, 1.165) is 5.69 Å². The first-order chi connectivity index (χ1) is 8.17. The lowest BCUT2D eigenvalue weighted by Crippen LogP contribution is -1.96. The van der Waals surface area contributed by atoms with Crippen LogP contribution in [0, 0.1) is 6.92 Å². The Hall–Kier alpha value is -1.26. The summed E-state index contributed by atoms with van der Waals surface area (Å²) < 4.78 is 0. The second kappa shape index (κ2) is 5.38. The molecule has 1 heterocycles. The van der Waals surface area contributed by atoms with Gasteiger partial charge >= 0.3 is 0 Å². The predicted octanol–water partition coefficient (Wildman–Crippen LogP) is 3.90. The van der Waals surface area contributed by atoms with Crippen LogP contribution < -0.4 is 5.32 Å². The fraction of sp³-hybridized carbons (Fsp3) is 0.167. The van der Waals surface area contributed by atoms with E-state index in [9.17, 15) is 0 Å². The number of hydrogen-bond acceptors (Lipinski definition) is 4. The lowest BCUT2D eigenvalue weighted by atomic mass is 10.2. The Labute approximate surface area is 110 Å². The maximum Gasteiger partial charge on any atom is 0.190 e. The molecular weight excluding hydrogens is 254 g/mol. The van der Waals surface area contributed by atoms with E-state index in [4.69, 9.17) is 11.6 Å². The van der Waals surface area contributed by atoms with E-state index in [1.54, 1.807) is 6.07 Å². The Kier molecular flexibility index (Phi) is 3.86. The first-order valence-electron chi connectivity index (χ1n) is 5.09. The van der Waals surface area contributed by atoms with Gasteiger partial charge in [-0.1, -0.05) is 35.5 Å². The van der Waals surface area contributed by atoms with Crippen molar-refractivity contribution < 1.29 is 0 Å². The molecule has 1 aromatic heterocycles. The average molecular weight is 266 g/mol. The number of aryl methyl sites for hydroxylation is 1. The highest BCUT2D eigenvalue weighted by Crippen LogP contribution is 2.21. The fourth-order valence-corrected chi connectivity index (χ4v) is 2.04. The summed E-state index contributed by atoms with van der Waals surface area (Å²) >= 11 is 7.39. The van der Waals surface area contributed by atoms with E-state index in [1.807, 2.05) is 31.4 Å². The highest BCUT2D eigenvalue weighted by molar-refractivity contribution is 7.98. The lowest BCUT2D eigenvalue weighted by Gasteiger charge is -2.07. The highest BCUT2D eigenvalue weighted by Gasteiger charge is 2.02. The van der Waals surface area contributed by atoms with Gasteiger partial charge in [0.15, 0.2) is 5.16 Å². The van der Waals surface area contributed by atoms with Crippen LogP contribution >= 0.6 is 23.4 Å². The molecule has 1 N–H and O–H groups in total. The van der Waals surface area contributed by atoms with Gasteiger partial charge in [0.05, 0.1) is 0 Å². The van der Waals surface area contributed by atoms with E-state index in [-0.39, 0.29) is 0 Å². The van der Waals surface area contributed by atoms with Gasteiger partial charge in [0.25, 0.3) is 0 Å². The molecular formula is C12H12ClN3S. The molecule has 0 amide bonds. The fourth-order valence-electron chi connectivity index (χ4n) is 1.42. The van der Waals surface area contributed by atoms with Crippen molar-refractivity contribution in [3.05, 3.63) is 41.0 Å². The number of hydrogen-bond donors (Lipinski definition) is 1. The molecule has 17 heavy (non-hydrogen) atoms.